The molecule has 0 saturated heterocycles. The predicted octanol–water partition coefficient (Wildman–Crippen LogP) is 3.26. The van der Waals surface area contributed by atoms with E-state index in [2.05, 4.69) is 5.10 Å². The van der Waals surface area contributed by atoms with Crippen LogP contribution in [0.1, 0.15) is 32.8 Å². The van der Waals surface area contributed by atoms with E-state index in [0.29, 0.717) is 10.8 Å². The molecule has 1 aliphatic heterocycles. The van der Waals surface area contributed by atoms with Gasteiger partial charge in [0.2, 0.25) is 0 Å². The average Bonchev–Trinajstić information content (AvgIpc) is 2.85. The highest BCUT2D eigenvalue weighted by Gasteiger charge is 2.57. The Kier molecular flexibility index (Phi) is 4.87. The quantitative estimate of drug-likeness (QED) is 0.902. The Balaban J connectivity index is 2.24. The molecule has 0 aromatic heterocycles. The summed E-state index contributed by atoms with van der Waals surface area (Å²) in [5.74, 6) is -0.408. The van der Waals surface area contributed by atoms with Gasteiger partial charge in [-0.1, -0.05) is 39.0 Å². The van der Waals surface area contributed by atoms with Gasteiger partial charge >= 0.3 is 6.18 Å². The molecule has 0 bridgehead atoms. The van der Waals surface area contributed by atoms with Crippen LogP contribution < -0.4 is 4.74 Å². The highest BCUT2D eigenvalue weighted by molar-refractivity contribution is 5.94. The van der Waals surface area contributed by atoms with E-state index in [1.165, 1.54) is 0 Å². The first-order valence-corrected chi connectivity index (χ1v) is 7.75. The third-order valence-electron chi connectivity index (χ3n) is 4.19. The van der Waals surface area contributed by atoms with Crippen molar-refractivity contribution >= 4 is 11.6 Å². The molecule has 2 rings (SSSR count). The number of hydrazone groups is 1. The van der Waals surface area contributed by atoms with Gasteiger partial charge in [-0.2, -0.15) is 23.3 Å². The van der Waals surface area contributed by atoms with E-state index in [0.717, 1.165) is 5.56 Å². The van der Waals surface area contributed by atoms with E-state index >= 15 is 0 Å². The highest BCUT2D eigenvalue weighted by atomic mass is 19.4. The second-order valence-electron chi connectivity index (χ2n) is 7.05. The van der Waals surface area contributed by atoms with Crippen molar-refractivity contribution in [2.75, 3.05) is 6.61 Å². The summed E-state index contributed by atoms with van der Waals surface area (Å²) in [5, 5.41) is 14.6. The van der Waals surface area contributed by atoms with Crippen molar-refractivity contribution in [3.8, 4) is 5.75 Å². The van der Waals surface area contributed by atoms with Crippen LogP contribution in [-0.4, -0.2) is 40.2 Å². The van der Waals surface area contributed by atoms with Crippen LogP contribution in [0.25, 0.3) is 0 Å². The number of benzene rings is 1. The number of aliphatic hydroxyl groups is 1. The van der Waals surface area contributed by atoms with Gasteiger partial charge in [0, 0.05) is 11.8 Å². The van der Waals surface area contributed by atoms with Gasteiger partial charge in [-0.25, -0.2) is 0 Å². The van der Waals surface area contributed by atoms with E-state index in [4.69, 9.17) is 4.74 Å². The fraction of sp³-hybridized carbons (Fsp3) is 0.529. The summed E-state index contributed by atoms with van der Waals surface area (Å²) >= 11 is 0. The van der Waals surface area contributed by atoms with E-state index in [-0.39, 0.29) is 0 Å². The lowest BCUT2D eigenvalue weighted by atomic mass is 9.80. The molecule has 0 unspecified atom stereocenters. The number of carbonyl (C=O) groups is 1. The number of aryl methyl sites for hydroxylation is 1. The lowest BCUT2D eigenvalue weighted by Crippen LogP contribution is -2.56. The Labute approximate surface area is 144 Å². The molecule has 1 atom stereocenters. The summed E-state index contributed by atoms with van der Waals surface area (Å²) in [6.07, 6.45) is -5.50. The van der Waals surface area contributed by atoms with E-state index in [1.807, 2.05) is 0 Å². The number of ether oxygens (including phenoxy) is 1. The average molecular weight is 358 g/mol. The van der Waals surface area contributed by atoms with Crippen molar-refractivity contribution in [3.63, 3.8) is 0 Å². The molecule has 1 aromatic rings. The fourth-order valence-electron chi connectivity index (χ4n) is 2.47. The molecule has 1 aromatic carbocycles. The Bertz CT molecular complexity index is 695. The van der Waals surface area contributed by atoms with Gasteiger partial charge in [-0.15, -0.1) is 0 Å². The molecule has 1 amide bonds. The van der Waals surface area contributed by atoms with Crippen LogP contribution in [-0.2, 0) is 4.79 Å². The Morgan fingerprint density at radius 3 is 2.44 bits per heavy atom. The molecule has 1 aliphatic rings. The zero-order valence-electron chi connectivity index (χ0n) is 14.5. The molecule has 0 aliphatic carbocycles. The van der Waals surface area contributed by atoms with Crippen molar-refractivity contribution < 1.29 is 27.8 Å². The second kappa shape index (κ2) is 6.33. The lowest BCUT2D eigenvalue weighted by Gasteiger charge is -2.41. The predicted molar refractivity (Wildman–Crippen MR) is 86.0 cm³/mol. The molecular formula is C17H21F3N2O3. The van der Waals surface area contributed by atoms with Gasteiger partial charge in [-0.3, -0.25) is 4.79 Å². The number of rotatable bonds is 3. The van der Waals surface area contributed by atoms with Crippen molar-refractivity contribution in [2.45, 2.75) is 46.0 Å². The number of alkyl halides is 3. The van der Waals surface area contributed by atoms with Gasteiger partial charge in [-0.05, 0) is 18.6 Å². The van der Waals surface area contributed by atoms with Crippen LogP contribution >= 0.6 is 0 Å². The normalized spacial score (nSPS) is 21.3. The minimum Gasteiger partial charge on any atom is -0.483 e. The molecule has 0 spiro atoms. The summed E-state index contributed by atoms with van der Waals surface area (Å²) in [6, 6.07) is 6.94. The second-order valence-corrected chi connectivity index (χ2v) is 7.05. The first-order chi connectivity index (χ1) is 11.4. The molecule has 0 fully saturated rings. The number of halogens is 3. The number of amides is 1. The summed E-state index contributed by atoms with van der Waals surface area (Å²) in [7, 11) is 0. The third kappa shape index (κ3) is 3.78. The summed E-state index contributed by atoms with van der Waals surface area (Å²) in [6.45, 7) is 5.89. The van der Waals surface area contributed by atoms with Crippen LogP contribution in [0.3, 0.4) is 0 Å². The smallest absolute Gasteiger partial charge is 0.431 e. The molecule has 0 radical (unpaired) electrons. The number of nitrogens with zero attached hydrogens (tertiary/aromatic N) is 2. The maximum absolute atomic E-state index is 13.0. The summed E-state index contributed by atoms with van der Waals surface area (Å²) < 4.78 is 44.4. The molecule has 0 saturated carbocycles. The van der Waals surface area contributed by atoms with E-state index < -0.39 is 42.0 Å². The number of hydrogen-bond acceptors (Lipinski definition) is 4. The molecule has 8 heteroatoms. The molecular weight excluding hydrogens is 337 g/mol. The molecule has 1 N–H and O–H groups in total. The maximum atomic E-state index is 13.0. The lowest BCUT2D eigenvalue weighted by molar-refractivity contribution is -0.183. The minimum atomic E-state index is -4.72. The van der Waals surface area contributed by atoms with E-state index in [1.54, 1.807) is 52.0 Å². The summed E-state index contributed by atoms with van der Waals surface area (Å²) in [4.78, 5) is 12.4. The summed E-state index contributed by atoms with van der Waals surface area (Å²) in [5.41, 5.74) is -3.53. The minimum absolute atomic E-state index is 0.439. The SMILES string of the molecule is Cc1ccccc1OCC(=O)N1N=C(C(F)(F)F)C[C@@]1(O)C(C)(C)C. The maximum Gasteiger partial charge on any atom is 0.431 e. The fourth-order valence-corrected chi connectivity index (χ4v) is 2.47. The van der Waals surface area contributed by atoms with Gasteiger partial charge < -0.3 is 9.84 Å². The third-order valence-corrected chi connectivity index (χ3v) is 4.19. The van der Waals surface area contributed by atoms with Crippen molar-refractivity contribution in [3.05, 3.63) is 29.8 Å². The topological polar surface area (TPSA) is 62.1 Å². The Hall–Kier alpha value is -2.09. The van der Waals surface area contributed by atoms with Crippen molar-refractivity contribution in [1.29, 1.82) is 0 Å². The Morgan fingerprint density at radius 2 is 1.92 bits per heavy atom. The standard InChI is InChI=1S/C17H21F3N2O3/c1-11-7-5-6-8-12(11)25-10-14(23)22-16(24,15(2,3)4)9-13(21-22)17(18,19)20/h5-8,24H,9-10H2,1-4H3/t16-/m1/s1. The first-order valence-electron chi connectivity index (χ1n) is 7.75. The monoisotopic (exact) mass is 358 g/mol. The van der Waals surface area contributed by atoms with Gasteiger partial charge in [0.25, 0.3) is 5.91 Å². The largest absolute Gasteiger partial charge is 0.483 e. The number of hydrogen-bond donors (Lipinski definition) is 1. The molecule has 5 nitrogen and oxygen atoms in total. The molecule has 1 heterocycles. The van der Waals surface area contributed by atoms with Gasteiger partial charge in [0.1, 0.15) is 11.5 Å². The first kappa shape index (κ1) is 19.2. The number of para-hydroxylation sites is 1. The highest BCUT2D eigenvalue weighted by Crippen LogP contribution is 2.43. The van der Waals surface area contributed by atoms with Crippen LogP contribution in [0.2, 0.25) is 0 Å². The number of carbonyl (C=O) groups excluding carboxylic acids is 1. The zero-order valence-corrected chi connectivity index (χ0v) is 14.5. The Morgan fingerprint density at radius 1 is 1.32 bits per heavy atom. The molecule has 25 heavy (non-hydrogen) atoms. The van der Waals surface area contributed by atoms with Crippen LogP contribution in [0.15, 0.2) is 29.4 Å². The van der Waals surface area contributed by atoms with Gasteiger partial charge in [0.15, 0.2) is 12.3 Å². The van der Waals surface area contributed by atoms with Crippen molar-refractivity contribution in [2.24, 2.45) is 10.5 Å². The van der Waals surface area contributed by atoms with Crippen LogP contribution in [0.5, 0.6) is 5.75 Å². The zero-order chi connectivity index (χ0) is 19.0. The van der Waals surface area contributed by atoms with E-state index in [9.17, 15) is 23.1 Å². The van der Waals surface area contributed by atoms with Gasteiger partial charge in [0.05, 0.1) is 0 Å². The van der Waals surface area contributed by atoms with Crippen LogP contribution in [0, 0.1) is 12.3 Å². The van der Waals surface area contributed by atoms with Crippen LogP contribution in [0.4, 0.5) is 13.2 Å². The molecule has 138 valence electrons. The van der Waals surface area contributed by atoms with Crippen molar-refractivity contribution in [1.82, 2.24) is 5.01 Å².